The largest absolute Gasteiger partial charge is 0.418 e. The van der Waals surface area contributed by atoms with E-state index in [0.717, 1.165) is 23.8 Å². The van der Waals surface area contributed by atoms with Crippen LogP contribution in [0.15, 0.2) is 40.2 Å². The maximum absolute atomic E-state index is 13.2. The van der Waals surface area contributed by atoms with E-state index in [9.17, 15) is 13.2 Å². The molecular formula is C15H13BrF3NS. The molecule has 1 atom stereocenters. The van der Waals surface area contributed by atoms with Gasteiger partial charge in [0, 0.05) is 15.0 Å². The van der Waals surface area contributed by atoms with E-state index in [1.54, 1.807) is 17.4 Å². The molecule has 1 fully saturated rings. The number of nitrogens with one attached hydrogen (secondary N) is 1. The molecule has 1 unspecified atom stereocenters. The molecular weight excluding hydrogens is 363 g/mol. The Balaban J connectivity index is 1.93. The first-order valence-corrected chi connectivity index (χ1v) is 8.29. The molecule has 1 nitrogen and oxygen atoms in total. The lowest BCUT2D eigenvalue weighted by Gasteiger charge is -2.22. The second-order valence-corrected chi connectivity index (χ2v) is 7.06. The average Bonchev–Trinajstić information content (AvgIpc) is 3.10. The van der Waals surface area contributed by atoms with Crippen molar-refractivity contribution in [3.8, 4) is 0 Å². The molecule has 1 aromatic carbocycles. The number of benzene rings is 1. The van der Waals surface area contributed by atoms with E-state index >= 15 is 0 Å². The maximum atomic E-state index is 13.2. The normalized spacial score (nSPS) is 16.8. The third-order valence-corrected chi connectivity index (χ3v) is 4.99. The number of thiophene rings is 1. The first-order valence-electron chi connectivity index (χ1n) is 6.62. The molecule has 1 aromatic heterocycles. The molecule has 1 aliphatic rings. The fourth-order valence-corrected chi connectivity index (χ4v) is 3.59. The summed E-state index contributed by atoms with van der Waals surface area (Å²) >= 11 is 4.69. The number of rotatable bonds is 4. The molecule has 1 heterocycles. The second kappa shape index (κ2) is 5.65. The molecule has 3 rings (SSSR count). The van der Waals surface area contributed by atoms with E-state index < -0.39 is 11.7 Å². The molecule has 112 valence electrons. The lowest BCUT2D eigenvalue weighted by atomic mass is 10.1. The summed E-state index contributed by atoms with van der Waals surface area (Å²) in [6.07, 6.45) is -2.24. The molecule has 0 bridgehead atoms. The molecule has 0 spiro atoms. The summed E-state index contributed by atoms with van der Waals surface area (Å²) in [5, 5.41) is 5.07. The Morgan fingerprint density at radius 2 is 2.00 bits per heavy atom. The zero-order valence-corrected chi connectivity index (χ0v) is 13.4. The molecule has 0 amide bonds. The minimum atomic E-state index is -4.37. The van der Waals surface area contributed by atoms with Gasteiger partial charge in [-0.3, -0.25) is 0 Å². The summed E-state index contributed by atoms with van der Waals surface area (Å²) < 4.78 is 40.0. The number of hydrogen-bond acceptors (Lipinski definition) is 2. The van der Waals surface area contributed by atoms with Gasteiger partial charge < -0.3 is 5.32 Å². The van der Waals surface area contributed by atoms with Gasteiger partial charge in [-0.25, -0.2) is 0 Å². The average molecular weight is 376 g/mol. The molecule has 1 N–H and O–H groups in total. The van der Waals surface area contributed by atoms with Gasteiger partial charge in [0.15, 0.2) is 0 Å². The molecule has 6 heteroatoms. The second-order valence-electron chi connectivity index (χ2n) is 5.16. The van der Waals surface area contributed by atoms with Gasteiger partial charge >= 0.3 is 6.18 Å². The van der Waals surface area contributed by atoms with Crippen LogP contribution in [-0.2, 0) is 6.18 Å². The SMILES string of the molecule is FC(F)(F)c1cc(Br)ccc1NC(c1cccs1)C1CC1. The van der Waals surface area contributed by atoms with Gasteiger partial charge in [0.2, 0.25) is 0 Å². The third kappa shape index (κ3) is 3.43. The Kier molecular flexibility index (Phi) is 4.01. The van der Waals surface area contributed by atoms with E-state index in [0.29, 0.717) is 10.4 Å². The Morgan fingerprint density at radius 3 is 2.57 bits per heavy atom. The van der Waals surface area contributed by atoms with Crippen molar-refractivity contribution in [1.82, 2.24) is 0 Å². The molecule has 0 saturated heterocycles. The summed E-state index contributed by atoms with van der Waals surface area (Å²) in [7, 11) is 0. The predicted octanol–water partition coefficient (Wildman–Crippen LogP) is 6.09. The topological polar surface area (TPSA) is 12.0 Å². The van der Waals surface area contributed by atoms with Gasteiger partial charge in [0.25, 0.3) is 0 Å². The monoisotopic (exact) mass is 375 g/mol. The highest BCUT2D eigenvalue weighted by molar-refractivity contribution is 9.10. The minimum Gasteiger partial charge on any atom is -0.377 e. The van der Waals surface area contributed by atoms with Crippen LogP contribution in [-0.4, -0.2) is 0 Å². The van der Waals surface area contributed by atoms with E-state index in [4.69, 9.17) is 0 Å². The first kappa shape index (κ1) is 14.9. The highest BCUT2D eigenvalue weighted by atomic mass is 79.9. The van der Waals surface area contributed by atoms with Crippen molar-refractivity contribution in [3.63, 3.8) is 0 Å². The molecule has 1 saturated carbocycles. The Bertz CT molecular complexity index is 620. The van der Waals surface area contributed by atoms with Crippen LogP contribution in [0.5, 0.6) is 0 Å². The van der Waals surface area contributed by atoms with Gasteiger partial charge in [-0.15, -0.1) is 11.3 Å². The number of hydrogen-bond donors (Lipinski definition) is 1. The predicted molar refractivity (Wildman–Crippen MR) is 82.6 cm³/mol. The quantitative estimate of drug-likeness (QED) is 0.681. The summed E-state index contributed by atoms with van der Waals surface area (Å²) in [5.41, 5.74) is -0.477. The molecule has 2 aromatic rings. The van der Waals surface area contributed by atoms with Crippen LogP contribution in [0.25, 0.3) is 0 Å². The van der Waals surface area contributed by atoms with E-state index in [-0.39, 0.29) is 11.7 Å². The summed E-state index contributed by atoms with van der Waals surface area (Å²) in [6.45, 7) is 0. The minimum absolute atomic E-state index is 0.0349. The Hall–Kier alpha value is -1.01. The van der Waals surface area contributed by atoms with Crippen molar-refractivity contribution in [1.29, 1.82) is 0 Å². The number of alkyl halides is 3. The van der Waals surface area contributed by atoms with Crippen molar-refractivity contribution >= 4 is 33.0 Å². The third-order valence-electron chi connectivity index (χ3n) is 3.54. The molecule has 0 radical (unpaired) electrons. The number of anilines is 1. The van der Waals surface area contributed by atoms with Crippen LogP contribution in [0.4, 0.5) is 18.9 Å². The van der Waals surface area contributed by atoms with Crippen LogP contribution in [0.1, 0.15) is 29.3 Å². The van der Waals surface area contributed by atoms with Crippen molar-refractivity contribution in [2.75, 3.05) is 5.32 Å². The molecule has 1 aliphatic carbocycles. The highest BCUT2D eigenvalue weighted by Gasteiger charge is 2.37. The highest BCUT2D eigenvalue weighted by Crippen LogP contribution is 2.46. The van der Waals surface area contributed by atoms with Gasteiger partial charge in [-0.05, 0) is 48.4 Å². The number of halogens is 4. The van der Waals surface area contributed by atoms with Gasteiger partial charge in [-0.2, -0.15) is 13.2 Å². The van der Waals surface area contributed by atoms with Crippen LogP contribution >= 0.6 is 27.3 Å². The van der Waals surface area contributed by atoms with Gasteiger partial charge in [-0.1, -0.05) is 22.0 Å². The van der Waals surface area contributed by atoms with Crippen molar-refractivity contribution < 1.29 is 13.2 Å². The zero-order valence-electron chi connectivity index (χ0n) is 11.0. The first-order chi connectivity index (χ1) is 9.95. The summed E-state index contributed by atoms with van der Waals surface area (Å²) in [6, 6.07) is 8.13. The van der Waals surface area contributed by atoms with Crippen LogP contribution in [0, 0.1) is 5.92 Å². The fraction of sp³-hybridized carbons (Fsp3) is 0.333. The Labute approximate surface area is 133 Å². The molecule has 0 aliphatic heterocycles. The summed E-state index contributed by atoms with van der Waals surface area (Å²) in [5.74, 6) is 0.424. The van der Waals surface area contributed by atoms with E-state index in [1.165, 1.54) is 6.07 Å². The standard InChI is InChI=1S/C15H13BrF3NS/c16-10-5-6-12(11(8-10)15(17,18)19)20-14(9-3-4-9)13-2-1-7-21-13/h1-2,5-9,14,20H,3-4H2. The maximum Gasteiger partial charge on any atom is 0.418 e. The smallest absolute Gasteiger partial charge is 0.377 e. The molecule has 21 heavy (non-hydrogen) atoms. The van der Waals surface area contributed by atoms with Crippen molar-refractivity contribution in [2.45, 2.75) is 25.1 Å². The summed E-state index contributed by atoms with van der Waals surface area (Å²) in [4.78, 5) is 1.09. The van der Waals surface area contributed by atoms with Crippen LogP contribution in [0.3, 0.4) is 0 Å². The van der Waals surface area contributed by atoms with Crippen molar-refractivity contribution in [2.24, 2.45) is 5.92 Å². The van der Waals surface area contributed by atoms with Gasteiger partial charge in [0.1, 0.15) is 0 Å². The van der Waals surface area contributed by atoms with E-state index in [1.807, 2.05) is 17.5 Å². The van der Waals surface area contributed by atoms with Gasteiger partial charge in [0.05, 0.1) is 11.6 Å². The van der Waals surface area contributed by atoms with Crippen LogP contribution < -0.4 is 5.32 Å². The fourth-order valence-electron chi connectivity index (χ4n) is 2.36. The lowest BCUT2D eigenvalue weighted by molar-refractivity contribution is -0.137. The lowest BCUT2D eigenvalue weighted by Crippen LogP contribution is -2.16. The van der Waals surface area contributed by atoms with Crippen molar-refractivity contribution in [3.05, 3.63) is 50.6 Å². The zero-order chi connectivity index (χ0) is 15.0. The van der Waals surface area contributed by atoms with Crippen LogP contribution in [0.2, 0.25) is 0 Å². The Morgan fingerprint density at radius 1 is 1.24 bits per heavy atom. The van der Waals surface area contributed by atoms with E-state index in [2.05, 4.69) is 21.2 Å².